The van der Waals surface area contributed by atoms with Gasteiger partial charge >= 0.3 is 0 Å². The van der Waals surface area contributed by atoms with E-state index in [0.717, 1.165) is 24.2 Å². The standard InChI is InChI=1S/C9H11NO.ClH/c11-6-8-3-1-2-7-4-5-10-9(7)8;/h1-3,10-11H,4-6H2;1H. The molecule has 1 aromatic carbocycles. The molecule has 0 radical (unpaired) electrons. The summed E-state index contributed by atoms with van der Waals surface area (Å²) in [4.78, 5) is 0. The molecule has 0 atom stereocenters. The summed E-state index contributed by atoms with van der Waals surface area (Å²) in [5.74, 6) is 0. The van der Waals surface area contributed by atoms with Crippen LogP contribution in [-0.2, 0) is 13.0 Å². The van der Waals surface area contributed by atoms with Gasteiger partial charge in [-0.15, -0.1) is 12.4 Å². The number of aliphatic hydroxyl groups excluding tert-OH is 1. The summed E-state index contributed by atoms with van der Waals surface area (Å²) in [6.45, 7) is 1.14. The topological polar surface area (TPSA) is 32.3 Å². The largest absolute Gasteiger partial charge is 0.392 e. The second-order valence-corrected chi connectivity index (χ2v) is 2.79. The van der Waals surface area contributed by atoms with Crippen LogP contribution >= 0.6 is 12.4 Å². The molecule has 12 heavy (non-hydrogen) atoms. The maximum Gasteiger partial charge on any atom is 0.0702 e. The van der Waals surface area contributed by atoms with Gasteiger partial charge in [0.25, 0.3) is 0 Å². The van der Waals surface area contributed by atoms with Crippen LogP contribution in [0.2, 0.25) is 0 Å². The zero-order valence-electron chi connectivity index (χ0n) is 6.71. The second kappa shape index (κ2) is 3.78. The summed E-state index contributed by atoms with van der Waals surface area (Å²) >= 11 is 0. The summed E-state index contributed by atoms with van der Waals surface area (Å²) in [6.07, 6.45) is 1.09. The van der Waals surface area contributed by atoms with Gasteiger partial charge < -0.3 is 10.4 Å². The first-order valence-corrected chi connectivity index (χ1v) is 3.87. The number of hydrogen-bond donors (Lipinski definition) is 2. The second-order valence-electron chi connectivity index (χ2n) is 2.79. The molecule has 1 aliphatic rings. The van der Waals surface area contributed by atoms with Crippen molar-refractivity contribution in [2.45, 2.75) is 13.0 Å². The van der Waals surface area contributed by atoms with E-state index in [9.17, 15) is 0 Å². The third kappa shape index (κ3) is 1.40. The van der Waals surface area contributed by atoms with Crippen LogP contribution in [0.5, 0.6) is 0 Å². The van der Waals surface area contributed by atoms with Crippen LogP contribution in [0.15, 0.2) is 18.2 Å². The monoisotopic (exact) mass is 185 g/mol. The zero-order valence-corrected chi connectivity index (χ0v) is 7.53. The Morgan fingerprint density at radius 1 is 1.42 bits per heavy atom. The van der Waals surface area contributed by atoms with Crippen LogP contribution in [0.3, 0.4) is 0 Å². The normalized spacial score (nSPS) is 13.1. The molecule has 0 fully saturated rings. The van der Waals surface area contributed by atoms with Gasteiger partial charge in [-0.25, -0.2) is 0 Å². The molecule has 0 saturated carbocycles. The van der Waals surface area contributed by atoms with Crippen molar-refractivity contribution in [1.29, 1.82) is 0 Å². The molecule has 2 nitrogen and oxygen atoms in total. The van der Waals surface area contributed by atoms with Crippen LogP contribution in [0, 0.1) is 0 Å². The van der Waals surface area contributed by atoms with E-state index in [4.69, 9.17) is 5.11 Å². The molecule has 0 aromatic heterocycles. The Labute approximate surface area is 78.0 Å². The van der Waals surface area contributed by atoms with Crippen molar-refractivity contribution in [2.24, 2.45) is 0 Å². The number of halogens is 1. The number of hydrogen-bond acceptors (Lipinski definition) is 2. The van der Waals surface area contributed by atoms with E-state index >= 15 is 0 Å². The minimum absolute atomic E-state index is 0. The molecule has 1 heterocycles. The van der Waals surface area contributed by atoms with Gasteiger partial charge in [-0.3, -0.25) is 0 Å². The number of rotatable bonds is 1. The molecule has 0 amide bonds. The zero-order chi connectivity index (χ0) is 7.68. The predicted molar refractivity (Wildman–Crippen MR) is 51.8 cm³/mol. The van der Waals surface area contributed by atoms with Gasteiger partial charge in [0.1, 0.15) is 0 Å². The molecular weight excluding hydrogens is 174 g/mol. The lowest BCUT2D eigenvalue weighted by Gasteiger charge is -2.04. The Hall–Kier alpha value is -0.730. The van der Waals surface area contributed by atoms with Crippen LogP contribution in [0.4, 0.5) is 5.69 Å². The number of benzene rings is 1. The Morgan fingerprint density at radius 2 is 2.25 bits per heavy atom. The number of para-hydroxylation sites is 1. The van der Waals surface area contributed by atoms with Crippen LogP contribution in [0.1, 0.15) is 11.1 Å². The van der Waals surface area contributed by atoms with Crippen molar-refractivity contribution in [3.05, 3.63) is 29.3 Å². The fourth-order valence-corrected chi connectivity index (χ4v) is 1.54. The number of anilines is 1. The quantitative estimate of drug-likeness (QED) is 0.696. The van der Waals surface area contributed by atoms with E-state index in [1.165, 1.54) is 5.56 Å². The summed E-state index contributed by atoms with van der Waals surface area (Å²) in [5.41, 5.74) is 3.49. The highest BCUT2D eigenvalue weighted by molar-refractivity contribution is 5.85. The molecule has 0 unspecified atom stereocenters. The number of nitrogens with one attached hydrogen (secondary N) is 1. The van der Waals surface area contributed by atoms with Crippen molar-refractivity contribution >= 4 is 18.1 Å². The average molecular weight is 186 g/mol. The Balaban J connectivity index is 0.000000720. The number of aliphatic hydroxyl groups is 1. The van der Waals surface area contributed by atoms with Gasteiger partial charge in [-0.05, 0) is 12.0 Å². The van der Waals surface area contributed by atoms with E-state index in [2.05, 4.69) is 11.4 Å². The highest BCUT2D eigenvalue weighted by atomic mass is 35.5. The van der Waals surface area contributed by atoms with E-state index in [1.807, 2.05) is 12.1 Å². The highest BCUT2D eigenvalue weighted by Gasteiger charge is 2.11. The van der Waals surface area contributed by atoms with E-state index in [0.29, 0.717) is 0 Å². The average Bonchev–Trinajstić information content (AvgIpc) is 2.50. The molecule has 0 saturated heterocycles. The van der Waals surface area contributed by atoms with Crippen molar-refractivity contribution in [3.63, 3.8) is 0 Å². The summed E-state index contributed by atoms with van der Waals surface area (Å²) in [6, 6.07) is 6.06. The SMILES string of the molecule is Cl.OCc1cccc2c1NCC2. The third-order valence-electron chi connectivity index (χ3n) is 2.10. The fraction of sp³-hybridized carbons (Fsp3) is 0.333. The van der Waals surface area contributed by atoms with E-state index in [-0.39, 0.29) is 19.0 Å². The molecule has 2 rings (SSSR count). The molecule has 3 heteroatoms. The van der Waals surface area contributed by atoms with Crippen LogP contribution in [-0.4, -0.2) is 11.7 Å². The lowest BCUT2D eigenvalue weighted by atomic mass is 10.1. The van der Waals surface area contributed by atoms with Crippen molar-refractivity contribution in [3.8, 4) is 0 Å². The van der Waals surface area contributed by atoms with Gasteiger partial charge in [0.15, 0.2) is 0 Å². The third-order valence-corrected chi connectivity index (χ3v) is 2.10. The molecule has 2 N–H and O–H groups in total. The molecular formula is C9H12ClNO. The van der Waals surface area contributed by atoms with Gasteiger partial charge in [-0.2, -0.15) is 0 Å². The van der Waals surface area contributed by atoms with E-state index < -0.39 is 0 Å². The molecule has 1 aromatic rings. The number of fused-ring (bicyclic) bond motifs is 1. The molecule has 1 aliphatic heterocycles. The minimum atomic E-state index is 0. The predicted octanol–water partition coefficient (Wildman–Crippen LogP) is 1.57. The van der Waals surface area contributed by atoms with Crippen LogP contribution in [0.25, 0.3) is 0 Å². The molecule has 66 valence electrons. The lowest BCUT2D eigenvalue weighted by molar-refractivity contribution is 0.282. The van der Waals surface area contributed by atoms with Gasteiger partial charge in [-0.1, -0.05) is 18.2 Å². The summed E-state index contributed by atoms with van der Waals surface area (Å²) in [7, 11) is 0. The maximum absolute atomic E-state index is 8.96. The van der Waals surface area contributed by atoms with E-state index in [1.54, 1.807) is 0 Å². The van der Waals surface area contributed by atoms with Crippen molar-refractivity contribution in [1.82, 2.24) is 0 Å². The first-order chi connectivity index (χ1) is 5.42. The summed E-state index contributed by atoms with van der Waals surface area (Å²) in [5, 5.41) is 12.2. The highest BCUT2D eigenvalue weighted by Crippen LogP contribution is 2.25. The fourth-order valence-electron chi connectivity index (χ4n) is 1.54. The Bertz CT molecular complexity index is 275. The van der Waals surface area contributed by atoms with Gasteiger partial charge in [0.2, 0.25) is 0 Å². The van der Waals surface area contributed by atoms with Gasteiger partial charge in [0, 0.05) is 17.8 Å². The maximum atomic E-state index is 8.96. The first-order valence-electron chi connectivity index (χ1n) is 3.87. The minimum Gasteiger partial charge on any atom is -0.392 e. The first kappa shape index (κ1) is 9.36. The van der Waals surface area contributed by atoms with Crippen molar-refractivity contribution < 1.29 is 5.11 Å². The molecule has 0 bridgehead atoms. The van der Waals surface area contributed by atoms with Crippen molar-refractivity contribution in [2.75, 3.05) is 11.9 Å². The Morgan fingerprint density at radius 3 is 3.00 bits per heavy atom. The Kier molecular flexibility index (Phi) is 2.95. The summed E-state index contributed by atoms with van der Waals surface area (Å²) < 4.78 is 0. The molecule has 0 aliphatic carbocycles. The van der Waals surface area contributed by atoms with Gasteiger partial charge in [0.05, 0.1) is 6.61 Å². The molecule has 0 spiro atoms. The lowest BCUT2D eigenvalue weighted by Crippen LogP contribution is -1.95. The smallest absolute Gasteiger partial charge is 0.0702 e. The van der Waals surface area contributed by atoms with Crippen LogP contribution < -0.4 is 5.32 Å².